The first-order chi connectivity index (χ1) is 17.3. The number of anilines is 1. The van der Waals surface area contributed by atoms with Crippen molar-refractivity contribution in [2.75, 3.05) is 37.8 Å². The number of terminal acetylenes is 1. The molecule has 3 aliphatic heterocycles. The van der Waals surface area contributed by atoms with Crippen molar-refractivity contribution in [1.29, 1.82) is 0 Å². The number of ether oxygens (including phenoxy) is 3. The standard InChI is InChI=1S/C26H27FN2O6S/c1-3-11-28-23-9-8-20(16-21(23)26(25(28)30)34-13-5-14-35-26)36(31,32)29-12-4-6-19(29)17-33-24-10-7-18(2)15-22(24)27/h1,7-10,15-16,19H,4-6,11-14,17H2,2H3/t19-/m0/s1. The van der Waals surface area contributed by atoms with Gasteiger partial charge in [0.05, 0.1) is 36.4 Å². The quantitative estimate of drug-likeness (QED) is 0.551. The van der Waals surface area contributed by atoms with Gasteiger partial charge in [0.1, 0.15) is 6.61 Å². The molecule has 0 radical (unpaired) electrons. The number of hydrogen-bond acceptors (Lipinski definition) is 6. The molecule has 0 bridgehead atoms. The van der Waals surface area contributed by atoms with E-state index in [0.29, 0.717) is 50.3 Å². The summed E-state index contributed by atoms with van der Waals surface area (Å²) in [6.45, 7) is 2.72. The van der Waals surface area contributed by atoms with Gasteiger partial charge in [-0.2, -0.15) is 4.31 Å². The van der Waals surface area contributed by atoms with Crippen molar-refractivity contribution in [3.63, 3.8) is 0 Å². The van der Waals surface area contributed by atoms with Gasteiger partial charge < -0.3 is 14.2 Å². The SMILES string of the molecule is C#CCN1C(=O)C2(OCCCO2)c2cc(S(=O)(=O)N3CCC[C@H]3COc3ccc(C)cc3F)ccc21. The summed E-state index contributed by atoms with van der Waals surface area (Å²) in [5.74, 6) is -0.103. The summed E-state index contributed by atoms with van der Waals surface area (Å²) in [6, 6.07) is 8.67. The van der Waals surface area contributed by atoms with E-state index in [1.165, 1.54) is 27.4 Å². The molecule has 1 spiro atoms. The Kier molecular flexibility index (Phi) is 6.51. The minimum atomic E-state index is -3.95. The largest absolute Gasteiger partial charge is 0.489 e. The molecule has 0 aliphatic carbocycles. The molecule has 2 aromatic carbocycles. The van der Waals surface area contributed by atoms with Crippen LogP contribution < -0.4 is 9.64 Å². The Hall–Kier alpha value is -2.97. The summed E-state index contributed by atoms with van der Waals surface area (Å²) < 4.78 is 60.3. The van der Waals surface area contributed by atoms with Crippen LogP contribution in [0.25, 0.3) is 0 Å². The maximum Gasteiger partial charge on any atom is 0.293 e. The zero-order valence-electron chi connectivity index (χ0n) is 19.9. The minimum absolute atomic E-state index is 0.00745. The van der Waals surface area contributed by atoms with Crippen LogP contribution in [-0.2, 0) is 30.1 Å². The molecule has 5 rings (SSSR count). The first-order valence-corrected chi connectivity index (χ1v) is 13.3. The normalized spacial score (nSPS) is 21.5. The van der Waals surface area contributed by atoms with Gasteiger partial charge in [-0.25, -0.2) is 12.8 Å². The van der Waals surface area contributed by atoms with E-state index >= 15 is 0 Å². The Balaban J connectivity index is 1.44. The predicted molar refractivity (Wildman–Crippen MR) is 129 cm³/mol. The summed E-state index contributed by atoms with van der Waals surface area (Å²) in [4.78, 5) is 14.6. The van der Waals surface area contributed by atoms with E-state index in [1.54, 1.807) is 25.1 Å². The third-order valence-electron chi connectivity index (χ3n) is 6.74. The number of amides is 1. The highest BCUT2D eigenvalue weighted by molar-refractivity contribution is 7.89. The zero-order chi connectivity index (χ0) is 25.5. The van der Waals surface area contributed by atoms with Gasteiger partial charge in [0.2, 0.25) is 10.0 Å². The van der Waals surface area contributed by atoms with Crippen LogP contribution in [0.2, 0.25) is 0 Å². The molecule has 0 aromatic heterocycles. The summed E-state index contributed by atoms with van der Waals surface area (Å²) in [6.07, 6.45) is 7.32. The van der Waals surface area contributed by atoms with Crippen molar-refractivity contribution in [3.05, 3.63) is 53.3 Å². The van der Waals surface area contributed by atoms with Gasteiger partial charge in [0.25, 0.3) is 11.7 Å². The van der Waals surface area contributed by atoms with Crippen LogP contribution >= 0.6 is 0 Å². The maximum atomic E-state index is 14.2. The second-order valence-corrected chi connectivity index (χ2v) is 11.0. The van der Waals surface area contributed by atoms with Gasteiger partial charge in [-0.05, 0) is 62.1 Å². The molecule has 190 valence electrons. The number of fused-ring (bicyclic) bond motifs is 2. The highest BCUT2D eigenvalue weighted by Crippen LogP contribution is 2.46. The van der Waals surface area contributed by atoms with Crippen molar-refractivity contribution in [1.82, 2.24) is 4.31 Å². The molecule has 8 nitrogen and oxygen atoms in total. The van der Waals surface area contributed by atoms with Gasteiger partial charge in [-0.15, -0.1) is 6.42 Å². The Morgan fingerprint density at radius 1 is 1.19 bits per heavy atom. The Morgan fingerprint density at radius 2 is 1.97 bits per heavy atom. The first kappa shape index (κ1) is 24.7. The molecule has 36 heavy (non-hydrogen) atoms. The van der Waals surface area contributed by atoms with Crippen molar-refractivity contribution in [3.8, 4) is 18.1 Å². The predicted octanol–water partition coefficient (Wildman–Crippen LogP) is 2.94. The first-order valence-electron chi connectivity index (χ1n) is 11.9. The lowest BCUT2D eigenvalue weighted by molar-refractivity contribution is -0.256. The zero-order valence-corrected chi connectivity index (χ0v) is 20.7. The smallest absolute Gasteiger partial charge is 0.293 e. The second kappa shape index (κ2) is 9.48. The molecule has 2 saturated heterocycles. The molecule has 0 saturated carbocycles. The van der Waals surface area contributed by atoms with Crippen molar-refractivity contribution < 1.29 is 31.8 Å². The monoisotopic (exact) mass is 514 g/mol. The Labute approximate surface area is 210 Å². The van der Waals surface area contributed by atoms with Crippen molar-refractivity contribution in [2.45, 2.75) is 42.9 Å². The molecule has 3 aliphatic rings. The van der Waals surface area contributed by atoms with Crippen LogP contribution in [-0.4, -0.2) is 57.6 Å². The van der Waals surface area contributed by atoms with Crippen LogP contribution in [0.5, 0.6) is 5.75 Å². The topological polar surface area (TPSA) is 85.4 Å². The van der Waals surface area contributed by atoms with Gasteiger partial charge in [0.15, 0.2) is 11.6 Å². The fourth-order valence-corrected chi connectivity index (χ4v) is 6.68. The molecule has 1 amide bonds. The lowest BCUT2D eigenvalue weighted by Crippen LogP contribution is -2.47. The number of sulfonamides is 1. The summed E-state index contributed by atoms with van der Waals surface area (Å²) in [5, 5.41) is 0. The van der Waals surface area contributed by atoms with Crippen LogP contribution in [0, 0.1) is 25.1 Å². The number of carbonyl (C=O) groups is 1. The van der Waals surface area contributed by atoms with Crippen LogP contribution in [0.1, 0.15) is 30.4 Å². The number of carbonyl (C=O) groups excluding carboxylic acids is 1. The average Bonchev–Trinajstić information content (AvgIpc) is 3.43. The minimum Gasteiger partial charge on any atom is -0.489 e. The molecular weight excluding hydrogens is 487 g/mol. The van der Waals surface area contributed by atoms with E-state index in [2.05, 4.69) is 5.92 Å². The average molecular weight is 515 g/mol. The highest BCUT2D eigenvalue weighted by Gasteiger charge is 2.55. The van der Waals surface area contributed by atoms with E-state index in [9.17, 15) is 17.6 Å². The number of aryl methyl sites for hydroxylation is 1. The lowest BCUT2D eigenvalue weighted by Gasteiger charge is -2.32. The third-order valence-corrected chi connectivity index (χ3v) is 8.68. The van der Waals surface area contributed by atoms with Crippen LogP contribution in [0.15, 0.2) is 41.3 Å². The summed E-state index contributed by atoms with van der Waals surface area (Å²) in [5.41, 5.74) is 1.57. The lowest BCUT2D eigenvalue weighted by atomic mass is 10.1. The van der Waals surface area contributed by atoms with Gasteiger partial charge in [-0.3, -0.25) is 9.69 Å². The summed E-state index contributed by atoms with van der Waals surface area (Å²) >= 11 is 0. The molecule has 0 unspecified atom stereocenters. The molecule has 3 heterocycles. The molecule has 1 atom stereocenters. The van der Waals surface area contributed by atoms with Crippen LogP contribution in [0.3, 0.4) is 0 Å². The Bertz CT molecular complexity index is 1330. The second-order valence-electron chi connectivity index (χ2n) is 9.10. The molecule has 2 fully saturated rings. The molecular formula is C26H27FN2O6S. The number of halogens is 1. The van der Waals surface area contributed by atoms with Gasteiger partial charge >= 0.3 is 0 Å². The maximum absolute atomic E-state index is 14.2. The van der Waals surface area contributed by atoms with Crippen LogP contribution in [0.4, 0.5) is 10.1 Å². The van der Waals surface area contributed by atoms with Crippen molar-refractivity contribution >= 4 is 21.6 Å². The fourth-order valence-electron chi connectivity index (χ4n) is 4.97. The van der Waals surface area contributed by atoms with E-state index in [4.69, 9.17) is 20.6 Å². The number of rotatable bonds is 6. The Morgan fingerprint density at radius 3 is 2.69 bits per heavy atom. The number of benzene rings is 2. The van der Waals surface area contributed by atoms with Gasteiger partial charge in [0, 0.05) is 12.1 Å². The number of hydrogen-bond donors (Lipinski definition) is 0. The third kappa shape index (κ3) is 4.06. The van der Waals surface area contributed by atoms with E-state index in [-0.39, 0.29) is 23.8 Å². The number of nitrogens with zero attached hydrogens (tertiary/aromatic N) is 2. The summed E-state index contributed by atoms with van der Waals surface area (Å²) in [7, 11) is -3.95. The molecule has 0 N–H and O–H groups in total. The van der Waals surface area contributed by atoms with Gasteiger partial charge in [-0.1, -0.05) is 12.0 Å². The highest BCUT2D eigenvalue weighted by atomic mass is 32.2. The fraction of sp³-hybridized carbons (Fsp3) is 0.423. The van der Waals surface area contributed by atoms with E-state index < -0.39 is 33.6 Å². The molecule has 2 aromatic rings. The van der Waals surface area contributed by atoms with Crippen molar-refractivity contribution in [2.24, 2.45) is 0 Å². The molecule has 10 heteroatoms. The van der Waals surface area contributed by atoms with E-state index in [1.807, 2.05) is 0 Å². The van der Waals surface area contributed by atoms with E-state index in [0.717, 1.165) is 5.56 Å².